The maximum atomic E-state index is 13.2. The number of nitrogens with zero attached hydrogens (tertiary/aromatic N) is 5. The fourth-order valence-corrected chi connectivity index (χ4v) is 3.88. The topological polar surface area (TPSA) is 84.5 Å². The molecule has 1 aliphatic rings. The highest BCUT2D eigenvalue weighted by atomic mass is 19.1. The molecule has 0 unspecified atom stereocenters. The zero-order valence-electron chi connectivity index (χ0n) is 17.1. The van der Waals surface area contributed by atoms with Gasteiger partial charge in [-0.3, -0.25) is 9.36 Å². The van der Waals surface area contributed by atoms with Crippen LogP contribution in [0.25, 0.3) is 22.4 Å². The summed E-state index contributed by atoms with van der Waals surface area (Å²) < 4.78 is 19.8. The molecule has 162 valence electrons. The van der Waals surface area contributed by atoms with Gasteiger partial charge >= 0.3 is 5.76 Å². The molecule has 1 amide bonds. The van der Waals surface area contributed by atoms with Crippen LogP contribution in [-0.2, 0) is 11.3 Å². The molecule has 0 radical (unpaired) electrons. The number of halogens is 1. The van der Waals surface area contributed by atoms with Gasteiger partial charge in [-0.25, -0.2) is 19.2 Å². The number of benzene rings is 2. The fourth-order valence-electron chi connectivity index (χ4n) is 3.88. The van der Waals surface area contributed by atoms with Crippen LogP contribution in [0.5, 0.6) is 0 Å². The molecule has 0 atom stereocenters. The minimum absolute atomic E-state index is 0.0575. The number of piperazine rings is 1. The lowest BCUT2D eigenvalue weighted by Crippen LogP contribution is -2.50. The zero-order valence-corrected chi connectivity index (χ0v) is 17.1. The Labute approximate surface area is 182 Å². The predicted octanol–water partition coefficient (Wildman–Crippen LogP) is 2.54. The Balaban J connectivity index is 1.25. The van der Waals surface area contributed by atoms with E-state index in [9.17, 15) is 14.0 Å². The summed E-state index contributed by atoms with van der Waals surface area (Å²) in [6.45, 7) is 2.18. The maximum absolute atomic E-state index is 13.2. The van der Waals surface area contributed by atoms with Gasteiger partial charge in [0, 0.05) is 37.8 Å². The average Bonchev–Trinajstić information content (AvgIpc) is 3.14. The average molecular weight is 433 g/mol. The quantitative estimate of drug-likeness (QED) is 0.492. The fraction of sp³-hybridized carbons (Fsp3) is 0.217. The highest BCUT2D eigenvalue weighted by Gasteiger charge is 2.24. The van der Waals surface area contributed by atoms with Crippen molar-refractivity contribution >= 4 is 22.8 Å². The van der Waals surface area contributed by atoms with Gasteiger partial charge < -0.3 is 14.2 Å². The summed E-state index contributed by atoms with van der Waals surface area (Å²) in [5, 5.41) is 0. The molecule has 1 saturated heterocycles. The summed E-state index contributed by atoms with van der Waals surface area (Å²) in [4.78, 5) is 37.4. The zero-order chi connectivity index (χ0) is 22.1. The molecule has 2 aromatic heterocycles. The van der Waals surface area contributed by atoms with Crippen LogP contribution in [0, 0.1) is 5.82 Å². The molecule has 0 N–H and O–H groups in total. The Morgan fingerprint density at radius 2 is 1.75 bits per heavy atom. The van der Waals surface area contributed by atoms with E-state index in [4.69, 9.17) is 4.42 Å². The van der Waals surface area contributed by atoms with Crippen LogP contribution >= 0.6 is 0 Å². The summed E-state index contributed by atoms with van der Waals surface area (Å²) in [6, 6.07) is 15.1. The highest BCUT2D eigenvalue weighted by molar-refractivity contribution is 5.80. The van der Waals surface area contributed by atoms with Crippen LogP contribution in [0.4, 0.5) is 10.2 Å². The van der Waals surface area contributed by atoms with Gasteiger partial charge in [-0.05, 0) is 36.4 Å². The Kier molecular flexibility index (Phi) is 5.14. The van der Waals surface area contributed by atoms with Crippen molar-refractivity contribution in [1.29, 1.82) is 0 Å². The molecule has 4 aromatic rings. The van der Waals surface area contributed by atoms with E-state index in [0.717, 1.165) is 11.4 Å². The van der Waals surface area contributed by atoms with Crippen molar-refractivity contribution < 1.29 is 13.6 Å². The normalized spacial score (nSPS) is 14.2. The van der Waals surface area contributed by atoms with E-state index in [1.165, 1.54) is 23.0 Å². The molecule has 2 aromatic carbocycles. The molecular formula is C23H20FN5O3. The number of hydrogen-bond acceptors (Lipinski definition) is 6. The van der Waals surface area contributed by atoms with E-state index in [2.05, 4.69) is 14.9 Å². The van der Waals surface area contributed by atoms with E-state index < -0.39 is 5.76 Å². The van der Waals surface area contributed by atoms with Crippen molar-refractivity contribution in [3.8, 4) is 11.3 Å². The van der Waals surface area contributed by atoms with Crippen molar-refractivity contribution in [2.45, 2.75) is 6.54 Å². The van der Waals surface area contributed by atoms with Crippen LogP contribution in [0.15, 0.2) is 70.1 Å². The van der Waals surface area contributed by atoms with Gasteiger partial charge in [0.05, 0.1) is 11.2 Å². The standard InChI is InChI=1S/C23H20FN5O3/c24-17-7-5-16(6-8-17)18-13-21(26-15-25-18)27-9-11-28(12-10-27)22(30)14-29-19-3-1-2-4-20(19)32-23(29)31/h1-8,13,15H,9-12,14H2. The van der Waals surface area contributed by atoms with E-state index in [1.807, 2.05) is 6.07 Å². The van der Waals surface area contributed by atoms with Gasteiger partial charge in [0.2, 0.25) is 5.91 Å². The number of anilines is 1. The molecule has 3 heterocycles. The molecule has 5 rings (SSSR count). The van der Waals surface area contributed by atoms with Crippen LogP contribution in [0.3, 0.4) is 0 Å². The number of carbonyl (C=O) groups excluding carboxylic acids is 1. The summed E-state index contributed by atoms with van der Waals surface area (Å²) >= 11 is 0. The third-order valence-corrected chi connectivity index (χ3v) is 5.62. The second-order valence-corrected chi connectivity index (χ2v) is 7.56. The summed E-state index contributed by atoms with van der Waals surface area (Å²) in [5.74, 6) is -0.210. The Morgan fingerprint density at radius 3 is 2.53 bits per heavy atom. The monoisotopic (exact) mass is 433 g/mol. The van der Waals surface area contributed by atoms with E-state index in [-0.39, 0.29) is 18.3 Å². The van der Waals surface area contributed by atoms with Crippen molar-refractivity contribution in [3.05, 3.63) is 77.3 Å². The first-order valence-electron chi connectivity index (χ1n) is 10.3. The van der Waals surface area contributed by atoms with Crippen molar-refractivity contribution in [2.75, 3.05) is 31.1 Å². The van der Waals surface area contributed by atoms with Gasteiger partial charge in [-0.15, -0.1) is 0 Å². The lowest BCUT2D eigenvalue weighted by atomic mass is 10.1. The van der Waals surface area contributed by atoms with Crippen LogP contribution in [0.2, 0.25) is 0 Å². The number of aromatic nitrogens is 3. The predicted molar refractivity (Wildman–Crippen MR) is 117 cm³/mol. The van der Waals surface area contributed by atoms with Crippen LogP contribution < -0.4 is 10.7 Å². The third kappa shape index (κ3) is 3.84. The number of oxazole rings is 1. The number of rotatable bonds is 4. The van der Waals surface area contributed by atoms with Crippen LogP contribution in [0.1, 0.15) is 0 Å². The number of amides is 1. The molecular weight excluding hydrogens is 413 g/mol. The summed E-state index contributed by atoms with van der Waals surface area (Å²) in [5.41, 5.74) is 2.59. The van der Waals surface area contributed by atoms with Crippen LogP contribution in [-0.4, -0.2) is 51.5 Å². The maximum Gasteiger partial charge on any atom is 0.420 e. The van der Waals surface area contributed by atoms with Gasteiger partial charge in [0.25, 0.3) is 0 Å². The lowest BCUT2D eigenvalue weighted by molar-refractivity contribution is -0.132. The molecule has 0 saturated carbocycles. The molecule has 32 heavy (non-hydrogen) atoms. The smallest absolute Gasteiger partial charge is 0.408 e. The second kappa shape index (κ2) is 8.26. The van der Waals surface area contributed by atoms with Gasteiger partial charge in [-0.2, -0.15) is 0 Å². The molecule has 0 spiro atoms. The van der Waals surface area contributed by atoms with E-state index >= 15 is 0 Å². The Morgan fingerprint density at radius 1 is 1.00 bits per heavy atom. The van der Waals surface area contributed by atoms with E-state index in [1.54, 1.807) is 41.3 Å². The first-order valence-corrected chi connectivity index (χ1v) is 10.3. The lowest BCUT2D eigenvalue weighted by Gasteiger charge is -2.35. The Hall–Kier alpha value is -4.01. The first-order chi connectivity index (χ1) is 15.6. The van der Waals surface area contributed by atoms with E-state index in [0.29, 0.717) is 43.0 Å². The van der Waals surface area contributed by atoms with Gasteiger partial charge in [-0.1, -0.05) is 12.1 Å². The molecule has 8 nitrogen and oxygen atoms in total. The van der Waals surface area contributed by atoms with Crippen molar-refractivity contribution in [1.82, 2.24) is 19.4 Å². The molecule has 1 aliphatic heterocycles. The minimum atomic E-state index is -0.535. The molecule has 0 aliphatic carbocycles. The molecule has 1 fully saturated rings. The third-order valence-electron chi connectivity index (χ3n) is 5.62. The number of carbonyl (C=O) groups is 1. The number of para-hydroxylation sites is 2. The highest BCUT2D eigenvalue weighted by Crippen LogP contribution is 2.22. The summed E-state index contributed by atoms with van der Waals surface area (Å²) in [7, 11) is 0. The summed E-state index contributed by atoms with van der Waals surface area (Å²) in [6.07, 6.45) is 1.49. The van der Waals surface area contributed by atoms with Gasteiger partial charge in [0.1, 0.15) is 24.5 Å². The van der Waals surface area contributed by atoms with Crippen molar-refractivity contribution in [2.24, 2.45) is 0 Å². The second-order valence-electron chi connectivity index (χ2n) is 7.56. The van der Waals surface area contributed by atoms with Crippen molar-refractivity contribution in [3.63, 3.8) is 0 Å². The largest absolute Gasteiger partial charge is 0.420 e. The SMILES string of the molecule is O=C(Cn1c(=O)oc2ccccc21)N1CCN(c2cc(-c3ccc(F)cc3)ncn2)CC1. The molecule has 0 bridgehead atoms. The van der Waals surface area contributed by atoms with Gasteiger partial charge in [0.15, 0.2) is 5.58 Å². The first kappa shape index (κ1) is 19.9. The number of hydrogen-bond donors (Lipinski definition) is 0. The number of fused-ring (bicyclic) bond motifs is 1. The minimum Gasteiger partial charge on any atom is -0.408 e. The Bertz CT molecular complexity index is 1320. The molecule has 9 heteroatoms.